The molecule has 0 aromatic heterocycles. The predicted octanol–water partition coefficient (Wildman–Crippen LogP) is -5.26. The van der Waals surface area contributed by atoms with Crippen LogP contribution in [-0.4, -0.2) is 13.1 Å². The van der Waals surface area contributed by atoms with E-state index in [2.05, 4.69) is 11.3 Å². The van der Waals surface area contributed by atoms with E-state index in [1.807, 2.05) is 0 Å². The smallest absolute Gasteiger partial charge is 1.00 e. The Morgan fingerprint density at radius 1 is 1.40 bits per heavy atom. The second kappa shape index (κ2) is 12.1. The largest absolute Gasteiger partial charge is 2.00 e. The van der Waals surface area contributed by atoms with E-state index in [4.69, 9.17) is 0 Å². The van der Waals surface area contributed by atoms with Crippen molar-refractivity contribution >= 4 is 5.97 Å². The number of carbonyl (C=O) groups is 1. The quantitative estimate of drug-likeness (QED) is 0.258. The molecule has 0 saturated carbocycles. The summed E-state index contributed by atoms with van der Waals surface area (Å²) >= 11 is 0. The van der Waals surface area contributed by atoms with Crippen LogP contribution in [0.25, 0.3) is 0 Å². The van der Waals surface area contributed by atoms with Crippen LogP contribution >= 0.6 is 0 Å². The third kappa shape index (κ3) is 11.2. The van der Waals surface area contributed by atoms with Crippen molar-refractivity contribution in [3.8, 4) is 0 Å². The van der Waals surface area contributed by atoms with Crippen molar-refractivity contribution in [3.05, 3.63) is 12.2 Å². The summed E-state index contributed by atoms with van der Waals surface area (Å²) in [4.78, 5) is 10.2. The number of methoxy groups -OCH3 is 1. The minimum atomic E-state index is -0.347. The molecule has 0 atom stereocenters. The van der Waals surface area contributed by atoms with Gasteiger partial charge in [-0.2, -0.15) is 0 Å². The van der Waals surface area contributed by atoms with E-state index in [0.29, 0.717) is 5.57 Å². The Hall–Kier alpha value is 0.413. The third-order valence-electron chi connectivity index (χ3n) is 0.534. The molecule has 0 fully saturated rings. The van der Waals surface area contributed by atoms with Crippen LogP contribution in [0.2, 0.25) is 0 Å². The number of hydrogen-bond acceptors (Lipinski definition) is 2. The molecule has 0 bridgehead atoms. The molecule has 0 saturated heterocycles. The molecule has 2 nitrogen and oxygen atoms in total. The molecule has 0 amide bonds. The summed E-state index contributed by atoms with van der Waals surface area (Å²) in [6.07, 6.45) is 0. The molecule has 0 N–H and O–H groups in total. The summed E-state index contributed by atoms with van der Waals surface area (Å²) in [6, 6.07) is 0. The molecule has 0 aromatic carbocycles. The van der Waals surface area contributed by atoms with Crippen LogP contribution in [0.4, 0.5) is 0 Å². The molecule has 5 heteroatoms. The van der Waals surface area contributed by atoms with Gasteiger partial charge >= 0.3 is 25.4 Å². The normalized spacial score (nSPS) is 5.40. The standard InChI is InChI=1S/C5H8O2.2ClH.Zn/c1-4(2)5(6)7-3;;;/h1H2,2-3H3;2*1H;/q;;;+2/p-2. The summed E-state index contributed by atoms with van der Waals surface area (Å²) in [5.41, 5.74) is 0.433. The predicted molar refractivity (Wildman–Crippen MR) is 26.8 cm³/mol. The molecule has 0 aliphatic heterocycles. The van der Waals surface area contributed by atoms with Gasteiger partial charge < -0.3 is 29.6 Å². The minimum absolute atomic E-state index is 0. The van der Waals surface area contributed by atoms with E-state index in [9.17, 15) is 4.79 Å². The Kier molecular flexibility index (Phi) is 27.2. The maximum atomic E-state index is 10.2. The van der Waals surface area contributed by atoms with Gasteiger partial charge in [0.05, 0.1) is 7.11 Å². The molecule has 0 spiro atoms. The van der Waals surface area contributed by atoms with Crippen molar-refractivity contribution in [1.29, 1.82) is 0 Å². The van der Waals surface area contributed by atoms with Crippen LogP contribution in [0.5, 0.6) is 0 Å². The molecule has 0 aliphatic carbocycles. The Bertz CT molecular complexity index is 106. The molecule has 0 rings (SSSR count). The zero-order valence-electron chi connectivity index (χ0n) is 5.99. The second-order valence-corrected chi connectivity index (χ2v) is 1.27. The van der Waals surface area contributed by atoms with Crippen LogP contribution in [0.3, 0.4) is 0 Å². The zero-order chi connectivity index (χ0) is 5.86. The fraction of sp³-hybridized carbons (Fsp3) is 0.400. The monoisotopic (exact) mass is 234 g/mol. The topological polar surface area (TPSA) is 26.3 Å². The number of ether oxygens (including phenoxy) is 1. The van der Waals surface area contributed by atoms with Gasteiger partial charge in [-0.3, -0.25) is 0 Å². The minimum Gasteiger partial charge on any atom is -1.00 e. The van der Waals surface area contributed by atoms with Gasteiger partial charge in [0.25, 0.3) is 0 Å². The van der Waals surface area contributed by atoms with Crippen LogP contribution in [0.15, 0.2) is 12.2 Å². The summed E-state index contributed by atoms with van der Waals surface area (Å²) in [6.45, 7) is 4.95. The zero-order valence-corrected chi connectivity index (χ0v) is 10.5. The van der Waals surface area contributed by atoms with E-state index in [-0.39, 0.29) is 50.3 Å². The molecule has 0 aliphatic rings. The van der Waals surface area contributed by atoms with E-state index < -0.39 is 0 Å². The number of hydrogen-bond donors (Lipinski definition) is 0. The third-order valence-corrected chi connectivity index (χ3v) is 0.534. The molecule has 0 aromatic rings. The Morgan fingerprint density at radius 2 is 1.70 bits per heavy atom. The number of carbonyl (C=O) groups excluding carboxylic acids is 1. The van der Waals surface area contributed by atoms with Gasteiger partial charge in [0.2, 0.25) is 0 Å². The fourth-order valence-electron chi connectivity index (χ4n) is 0.174. The van der Waals surface area contributed by atoms with Gasteiger partial charge in [-0.25, -0.2) is 4.79 Å². The van der Waals surface area contributed by atoms with E-state index in [1.54, 1.807) is 6.92 Å². The Balaban J connectivity index is -0.0000000600. The summed E-state index contributed by atoms with van der Waals surface area (Å²) in [5, 5.41) is 0. The molecular formula is C5H8Cl2O2Zn. The molecular weight excluding hydrogens is 228 g/mol. The van der Waals surface area contributed by atoms with Gasteiger partial charge in [-0.15, -0.1) is 0 Å². The van der Waals surface area contributed by atoms with Gasteiger partial charge in [-0.05, 0) is 6.92 Å². The first-order valence-electron chi connectivity index (χ1n) is 1.92. The van der Waals surface area contributed by atoms with Crippen molar-refractivity contribution in [1.82, 2.24) is 0 Å². The Morgan fingerprint density at radius 3 is 1.70 bits per heavy atom. The fourth-order valence-corrected chi connectivity index (χ4v) is 0.174. The first-order chi connectivity index (χ1) is 3.18. The average Bonchev–Trinajstić information content (AvgIpc) is 1.65. The molecule has 0 heterocycles. The van der Waals surface area contributed by atoms with E-state index in [1.165, 1.54) is 7.11 Å². The van der Waals surface area contributed by atoms with Crippen LogP contribution in [0, 0.1) is 0 Å². The average molecular weight is 236 g/mol. The molecule has 56 valence electrons. The van der Waals surface area contributed by atoms with Crippen molar-refractivity contribution in [2.24, 2.45) is 0 Å². The molecule has 0 radical (unpaired) electrons. The molecule has 0 unspecified atom stereocenters. The number of rotatable bonds is 1. The van der Waals surface area contributed by atoms with E-state index >= 15 is 0 Å². The first-order valence-corrected chi connectivity index (χ1v) is 1.92. The van der Waals surface area contributed by atoms with Gasteiger partial charge in [0, 0.05) is 5.57 Å². The van der Waals surface area contributed by atoms with Gasteiger partial charge in [-0.1, -0.05) is 6.58 Å². The van der Waals surface area contributed by atoms with Crippen molar-refractivity contribution in [2.75, 3.05) is 7.11 Å². The summed E-state index contributed by atoms with van der Waals surface area (Å²) in [5.74, 6) is -0.347. The maximum absolute atomic E-state index is 10.2. The van der Waals surface area contributed by atoms with Crippen LogP contribution in [-0.2, 0) is 29.0 Å². The van der Waals surface area contributed by atoms with Crippen LogP contribution < -0.4 is 24.8 Å². The molecule has 10 heavy (non-hydrogen) atoms. The summed E-state index contributed by atoms with van der Waals surface area (Å²) < 4.78 is 4.27. The van der Waals surface area contributed by atoms with Crippen LogP contribution in [0.1, 0.15) is 6.92 Å². The van der Waals surface area contributed by atoms with Gasteiger partial charge in [0.1, 0.15) is 0 Å². The second-order valence-electron chi connectivity index (χ2n) is 1.27. The van der Waals surface area contributed by atoms with E-state index in [0.717, 1.165) is 0 Å². The van der Waals surface area contributed by atoms with Crippen molar-refractivity contribution in [3.63, 3.8) is 0 Å². The van der Waals surface area contributed by atoms with Crippen molar-refractivity contribution in [2.45, 2.75) is 6.92 Å². The maximum Gasteiger partial charge on any atom is 2.00 e. The Labute approximate surface area is 86.0 Å². The van der Waals surface area contributed by atoms with Gasteiger partial charge in [0.15, 0.2) is 0 Å². The SMILES string of the molecule is C=C(C)C(=O)OC.[Cl-].[Cl-].[Zn+2]. The summed E-state index contributed by atoms with van der Waals surface area (Å²) in [7, 11) is 1.33. The van der Waals surface area contributed by atoms with Crippen molar-refractivity contribution < 1.29 is 53.8 Å². The number of esters is 1. The first kappa shape index (κ1) is 22.4. The number of halogens is 2.